The Morgan fingerprint density at radius 1 is 1.11 bits per heavy atom. The van der Waals surface area contributed by atoms with Gasteiger partial charge in [-0.1, -0.05) is 12.8 Å². The Bertz CT molecular complexity index is 383. The summed E-state index contributed by atoms with van der Waals surface area (Å²) in [5.41, 5.74) is 0.777. The van der Waals surface area contributed by atoms with E-state index in [2.05, 4.69) is 5.32 Å². The van der Waals surface area contributed by atoms with Gasteiger partial charge in [-0.2, -0.15) is 0 Å². The number of benzene rings is 1. The lowest BCUT2D eigenvalue weighted by Gasteiger charge is -2.20. The van der Waals surface area contributed by atoms with Gasteiger partial charge in [-0.05, 0) is 37.1 Å². The number of rotatable bonds is 3. The maximum absolute atomic E-state index is 12.7. The van der Waals surface area contributed by atoms with E-state index in [0.29, 0.717) is 0 Å². The van der Waals surface area contributed by atoms with Gasteiger partial charge in [0.05, 0.1) is 6.54 Å². The van der Waals surface area contributed by atoms with Gasteiger partial charge in [0.25, 0.3) is 0 Å². The lowest BCUT2D eigenvalue weighted by atomic mass is 10.2. The summed E-state index contributed by atoms with van der Waals surface area (Å²) in [4.78, 5) is 13.9. The summed E-state index contributed by atoms with van der Waals surface area (Å²) in [5, 5.41) is 3.03. The van der Waals surface area contributed by atoms with Gasteiger partial charge in [0.2, 0.25) is 5.91 Å². The molecule has 1 saturated heterocycles. The molecule has 0 spiro atoms. The topological polar surface area (TPSA) is 32.3 Å². The highest BCUT2D eigenvalue weighted by Crippen LogP contribution is 2.11. The second-order valence-corrected chi connectivity index (χ2v) is 4.66. The van der Waals surface area contributed by atoms with Crippen LogP contribution in [0.5, 0.6) is 0 Å². The molecule has 1 heterocycles. The standard InChI is InChI=1S/C14H19FN2O/c15-12-5-7-13(8-6-12)16-11-14(18)17-9-3-1-2-4-10-17/h5-8,16H,1-4,9-11H2. The van der Waals surface area contributed by atoms with Gasteiger partial charge < -0.3 is 10.2 Å². The van der Waals surface area contributed by atoms with Crippen LogP contribution in [0, 0.1) is 5.82 Å². The molecule has 1 amide bonds. The average molecular weight is 250 g/mol. The summed E-state index contributed by atoms with van der Waals surface area (Å²) in [6, 6.07) is 6.06. The van der Waals surface area contributed by atoms with Gasteiger partial charge in [0.1, 0.15) is 5.82 Å². The smallest absolute Gasteiger partial charge is 0.241 e. The van der Waals surface area contributed by atoms with E-state index in [4.69, 9.17) is 0 Å². The van der Waals surface area contributed by atoms with E-state index in [9.17, 15) is 9.18 Å². The van der Waals surface area contributed by atoms with Crippen LogP contribution in [0.4, 0.5) is 10.1 Å². The van der Waals surface area contributed by atoms with Gasteiger partial charge in [-0.15, -0.1) is 0 Å². The zero-order chi connectivity index (χ0) is 12.8. The highest BCUT2D eigenvalue weighted by atomic mass is 19.1. The number of anilines is 1. The van der Waals surface area contributed by atoms with Crippen molar-refractivity contribution < 1.29 is 9.18 Å². The molecule has 2 rings (SSSR count). The molecule has 1 aliphatic rings. The van der Waals surface area contributed by atoms with E-state index in [1.807, 2.05) is 4.90 Å². The highest BCUT2D eigenvalue weighted by molar-refractivity contribution is 5.80. The molecule has 0 bridgehead atoms. The molecule has 1 N–H and O–H groups in total. The number of halogens is 1. The Kier molecular flexibility index (Phi) is 4.56. The summed E-state index contributed by atoms with van der Waals surface area (Å²) in [6.07, 6.45) is 4.63. The van der Waals surface area contributed by atoms with Gasteiger partial charge in [-0.3, -0.25) is 4.79 Å². The Balaban J connectivity index is 1.81. The van der Waals surface area contributed by atoms with Crippen molar-refractivity contribution in [3.63, 3.8) is 0 Å². The van der Waals surface area contributed by atoms with E-state index >= 15 is 0 Å². The van der Waals surface area contributed by atoms with Crippen LogP contribution in [-0.4, -0.2) is 30.4 Å². The van der Waals surface area contributed by atoms with Crippen molar-refractivity contribution in [3.05, 3.63) is 30.1 Å². The Hall–Kier alpha value is -1.58. The molecule has 0 aromatic heterocycles. The average Bonchev–Trinajstić information content (AvgIpc) is 2.66. The molecule has 0 aliphatic carbocycles. The van der Waals surface area contributed by atoms with Gasteiger partial charge in [-0.25, -0.2) is 4.39 Å². The minimum absolute atomic E-state index is 0.126. The number of hydrogen-bond acceptors (Lipinski definition) is 2. The van der Waals surface area contributed by atoms with Gasteiger partial charge in [0.15, 0.2) is 0 Å². The van der Waals surface area contributed by atoms with Crippen molar-refractivity contribution >= 4 is 11.6 Å². The maximum atomic E-state index is 12.7. The summed E-state index contributed by atoms with van der Waals surface area (Å²) < 4.78 is 12.7. The van der Waals surface area contributed by atoms with E-state index in [0.717, 1.165) is 31.6 Å². The molecular weight excluding hydrogens is 231 g/mol. The fourth-order valence-corrected chi connectivity index (χ4v) is 2.18. The molecule has 1 aromatic rings. The van der Waals surface area contributed by atoms with Crippen LogP contribution < -0.4 is 5.32 Å². The second-order valence-electron chi connectivity index (χ2n) is 4.66. The van der Waals surface area contributed by atoms with Crippen LogP contribution in [0.2, 0.25) is 0 Å². The molecule has 0 radical (unpaired) electrons. The minimum atomic E-state index is -0.264. The predicted octanol–water partition coefficient (Wildman–Crippen LogP) is 2.64. The minimum Gasteiger partial charge on any atom is -0.376 e. The first kappa shape index (κ1) is 12.9. The maximum Gasteiger partial charge on any atom is 0.241 e. The molecule has 4 heteroatoms. The fraction of sp³-hybridized carbons (Fsp3) is 0.500. The number of nitrogens with zero attached hydrogens (tertiary/aromatic N) is 1. The molecular formula is C14H19FN2O. The molecule has 0 unspecified atom stereocenters. The predicted molar refractivity (Wildman–Crippen MR) is 69.9 cm³/mol. The van der Waals surface area contributed by atoms with Gasteiger partial charge in [0, 0.05) is 18.8 Å². The molecule has 1 aromatic carbocycles. The summed E-state index contributed by atoms with van der Waals surface area (Å²) in [6.45, 7) is 2.01. The zero-order valence-corrected chi connectivity index (χ0v) is 10.5. The Morgan fingerprint density at radius 2 is 1.72 bits per heavy atom. The third-order valence-corrected chi connectivity index (χ3v) is 3.25. The summed E-state index contributed by atoms with van der Waals surface area (Å²) in [7, 11) is 0. The second kappa shape index (κ2) is 6.38. The van der Waals surface area contributed by atoms with Crippen LogP contribution >= 0.6 is 0 Å². The summed E-state index contributed by atoms with van der Waals surface area (Å²) >= 11 is 0. The van der Waals surface area contributed by atoms with E-state index < -0.39 is 0 Å². The van der Waals surface area contributed by atoms with Crippen molar-refractivity contribution in [1.29, 1.82) is 0 Å². The number of carbonyl (C=O) groups excluding carboxylic acids is 1. The molecule has 3 nitrogen and oxygen atoms in total. The molecule has 98 valence electrons. The normalized spacial score (nSPS) is 16.2. The quantitative estimate of drug-likeness (QED) is 0.894. The Morgan fingerprint density at radius 3 is 2.33 bits per heavy atom. The Labute approximate surface area is 107 Å². The first-order chi connectivity index (χ1) is 8.75. The van der Waals surface area contributed by atoms with Crippen molar-refractivity contribution in [2.45, 2.75) is 25.7 Å². The lowest BCUT2D eigenvalue weighted by molar-refractivity contribution is -0.129. The van der Waals surface area contributed by atoms with Crippen molar-refractivity contribution in [3.8, 4) is 0 Å². The lowest BCUT2D eigenvalue weighted by Crippen LogP contribution is -2.36. The SMILES string of the molecule is O=C(CNc1ccc(F)cc1)N1CCCCCC1. The number of likely N-dealkylation sites (tertiary alicyclic amines) is 1. The van der Waals surface area contributed by atoms with E-state index in [1.54, 1.807) is 12.1 Å². The van der Waals surface area contributed by atoms with E-state index in [-0.39, 0.29) is 18.3 Å². The van der Waals surface area contributed by atoms with Crippen LogP contribution in [0.3, 0.4) is 0 Å². The van der Waals surface area contributed by atoms with Crippen molar-refractivity contribution in [2.24, 2.45) is 0 Å². The number of amides is 1. The number of nitrogens with one attached hydrogen (secondary N) is 1. The largest absolute Gasteiger partial charge is 0.376 e. The number of carbonyl (C=O) groups is 1. The van der Waals surface area contributed by atoms with Crippen molar-refractivity contribution in [2.75, 3.05) is 25.0 Å². The third kappa shape index (κ3) is 3.72. The van der Waals surface area contributed by atoms with E-state index in [1.165, 1.54) is 25.0 Å². The fourth-order valence-electron chi connectivity index (χ4n) is 2.18. The van der Waals surface area contributed by atoms with Crippen LogP contribution in [0.25, 0.3) is 0 Å². The highest BCUT2D eigenvalue weighted by Gasteiger charge is 2.14. The molecule has 0 atom stereocenters. The zero-order valence-electron chi connectivity index (χ0n) is 10.5. The van der Waals surface area contributed by atoms with Crippen LogP contribution in [0.1, 0.15) is 25.7 Å². The summed E-state index contributed by atoms with van der Waals surface area (Å²) in [5.74, 6) is -0.138. The molecule has 0 saturated carbocycles. The van der Waals surface area contributed by atoms with Crippen LogP contribution in [-0.2, 0) is 4.79 Å². The molecule has 1 fully saturated rings. The third-order valence-electron chi connectivity index (χ3n) is 3.25. The molecule has 1 aliphatic heterocycles. The first-order valence-corrected chi connectivity index (χ1v) is 6.53. The first-order valence-electron chi connectivity index (χ1n) is 6.53. The van der Waals surface area contributed by atoms with Crippen LogP contribution in [0.15, 0.2) is 24.3 Å². The monoisotopic (exact) mass is 250 g/mol. The number of hydrogen-bond donors (Lipinski definition) is 1. The molecule has 18 heavy (non-hydrogen) atoms. The van der Waals surface area contributed by atoms with Gasteiger partial charge >= 0.3 is 0 Å². The van der Waals surface area contributed by atoms with Crippen molar-refractivity contribution in [1.82, 2.24) is 4.90 Å².